The number of amides is 1. The maximum atomic E-state index is 12.0. The van der Waals surface area contributed by atoms with Gasteiger partial charge in [-0.3, -0.25) is 14.9 Å². The molecule has 122 valence electrons. The number of nitro benzene ring substituents is 1. The summed E-state index contributed by atoms with van der Waals surface area (Å²) in [6.45, 7) is 0.302. The monoisotopic (exact) mass is 326 g/mol. The Labute approximate surface area is 137 Å². The summed E-state index contributed by atoms with van der Waals surface area (Å²) in [6.07, 6.45) is 2.81. The van der Waals surface area contributed by atoms with Crippen LogP contribution >= 0.6 is 0 Å². The van der Waals surface area contributed by atoms with Gasteiger partial charge in [-0.25, -0.2) is 0 Å². The molecule has 0 aliphatic carbocycles. The summed E-state index contributed by atoms with van der Waals surface area (Å²) in [4.78, 5) is 22.5. The number of hydrogen-bond acceptors (Lipinski definition) is 5. The Hall–Kier alpha value is -3.19. The number of nitro groups is 1. The molecule has 0 aromatic heterocycles. The summed E-state index contributed by atoms with van der Waals surface area (Å²) in [6, 6.07) is 11.8. The second-order valence-electron chi connectivity index (χ2n) is 5.08. The van der Waals surface area contributed by atoms with Crippen LogP contribution < -0.4 is 10.1 Å². The predicted molar refractivity (Wildman–Crippen MR) is 87.5 cm³/mol. The van der Waals surface area contributed by atoms with E-state index in [1.807, 2.05) is 18.2 Å². The predicted octanol–water partition coefficient (Wildman–Crippen LogP) is 3.11. The van der Waals surface area contributed by atoms with Crippen LogP contribution in [-0.2, 0) is 16.1 Å². The van der Waals surface area contributed by atoms with Gasteiger partial charge in [-0.2, -0.15) is 0 Å². The Balaban J connectivity index is 1.84. The fraction of sp³-hybridized carbons (Fsp3) is 0.118. The average Bonchev–Trinajstić information content (AvgIpc) is 2.60. The van der Waals surface area contributed by atoms with Gasteiger partial charge in [-0.1, -0.05) is 18.2 Å². The van der Waals surface area contributed by atoms with Crippen LogP contribution in [0.5, 0.6) is 5.75 Å². The van der Waals surface area contributed by atoms with Crippen LogP contribution in [0, 0.1) is 10.1 Å². The van der Waals surface area contributed by atoms with Crippen LogP contribution in [0.15, 0.2) is 48.5 Å². The number of ether oxygens (including phenoxy) is 2. The number of non-ortho nitro benzene ring substituents is 1. The van der Waals surface area contributed by atoms with Crippen molar-refractivity contribution in [1.29, 1.82) is 0 Å². The molecular weight excluding hydrogens is 312 g/mol. The molecule has 1 aliphatic rings. The molecule has 0 atom stereocenters. The van der Waals surface area contributed by atoms with Crippen molar-refractivity contribution in [2.75, 3.05) is 12.1 Å². The van der Waals surface area contributed by atoms with E-state index >= 15 is 0 Å². The van der Waals surface area contributed by atoms with Crippen LogP contribution in [0.2, 0.25) is 0 Å². The van der Waals surface area contributed by atoms with Crippen molar-refractivity contribution in [3.8, 4) is 5.75 Å². The van der Waals surface area contributed by atoms with Crippen molar-refractivity contribution in [1.82, 2.24) is 0 Å². The van der Waals surface area contributed by atoms with Gasteiger partial charge in [0.15, 0.2) is 6.79 Å². The first-order valence-electron chi connectivity index (χ1n) is 7.19. The molecule has 1 amide bonds. The summed E-state index contributed by atoms with van der Waals surface area (Å²) in [5.74, 6) is 0.157. The van der Waals surface area contributed by atoms with Gasteiger partial charge >= 0.3 is 0 Å². The fourth-order valence-corrected chi connectivity index (χ4v) is 2.33. The van der Waals surface area contributed by atoms with Gasteiger partial charge in [-0.05, 0) is 18.2 Å². The molecule has 7 heteroatoms. The standard InChI is InChI=1S/C17H14N2O5/c20-16(18-14-4-2-1-3-5-14)7-6-12-8-15(19(21)22)9-13-10-23-11-24-17(12)13/h1-9H,10-11H2,(H,18,20)/b7-6-. The first-order chi connectivity index (χ1) is 11.6. The molecule has 7 nitrogen and oxygen atoms in total. The van der Waals surface area contributed by atoms with Gasteiger partial charge in [0, 0.05) is 35.0 Å². The molecule has 0 unspecified atom stereocenters. The number of nitrogens with zero attached hydrogens (tertiary/aromatic N) is 1. The number of benzene rings is 2. The van der Waals surface area contributed by atoms with Crippen molar-refractivity contribution in [2.24, 2.45) is 0 Å². The zero-order valence-corrected chi connectivity index (χ0v) is 12.6. The number of carbonyl (C=O) groups excluding carboxylic acids is 1. The highest BCUT2D eigenvalue weighted by molar-refractivity contribution is 6.02. The molecule has 1 N–H and O–H groups in total. The van der Waals surface area contributed by atoms with E-state index in [1.54, 1.807) is 12.1 Å². The number of nitrogens with one attached hydrogen (secondary N) is 1. The Morgan fingerprint density at radius 3 is 2.79 bits per heavy atom. The van der Waals surface area contributed by atoms with Crippen LogP contribution in [0.4, 0.5) is 11.4 Å². The zero-order valence-electron chi connectivity index (χ0n) is 12.6. The van der Waals surface area contributed by atoms with E-state index < -0.39 is 4.92 Å². The summed E-state index contributed by atoms with van der Waals surface area (Å²) in [5, 5.41) is 13.7. The smallest absolute Gasteiger partial charge is 0.270 e. The van der Waals surface area contributed by atoms with Crippen molar-refractivity contribution < 1.29 is 19.2 Å². The number of anilines is 1. The third-order valence-corrected chi connectivity index (χ3v) is 3.39. The van der Waals surface area contributed by atoms with E-state index in [1.165, 1.54) is 24.3 Å². The number of hydrogen-bond donors (Lipinski definition) is 1. The molecule has 2 aromatic carbocycles. The lowest BCUT2D eigenvalue weighted by molar-refractivity contribution is -0.385. The molecule has 0 bridgehead atoms. The second-order valence-corrected chi connectivity index (χ2v) is 5.08. The van der Waals surface area contributed by atoms with Crippen molar-refractivity contribution >= 4 is 23.4 Å². The van der Waals surface area contributed by atoms with E-state index in [0.717, 1.165) is 0 Å². The van der Waals surface area contributed by atoms with Crippen molar-refractivity contribution in [3.05, 3.63) is 69.8 Å². The van der Waals surface area contributed by atoms with E-state index in [4.69, 9.17) is 9.47 Å². The normalized spacial score (nSPS) is 13.2. The van der Waals surface area contributed by atoms with Gasteiger partial charge in [0.25, 0.3) is 5.69 Å². The van der Waals surface area contributed by atoms with Crippen LogP contribution in [0.25, 0.3) is 6.08 Å². The summed E-state index contributed by atoms with van der Waals surface area (Å²) in [5.41, 5.74) is 1.63. The molecule has 0 saturated carbocycles. The van der Waals surface area contributed by atoms with E-state index in [9.17, 15) is 14.9 Å². The molecule has 1 aliphatic heterocycles. The number of rotatable bonds is 4. The Morgan fingerprint density at radius 1 is 1.25 bits per heavy atom. The lowest BCUT2D eigenvalue weighted by Crippen LogP contribution is -2.13. The Morgan fingerprint density at radius 2 is 2.04 bits per heavy atom. The highest BCUT2D eigenvalue weighted by Crippen LogP contribution is 2.33. The molecule has 0 saturated heterocycles. The topological polar surface area (TPSA) is 90.7 Å². The number of para-hydroxylation sites is 1. The summed E-state index contributed by atoms with van der Waals surface area (Å²) in [7, 11) is 0. The van der Waals surface area contributed by atoms with Gasteiger partial charge in [0.1, 0.15) is 5.75 Å². The molecular formula is C17H14N2O5. The minimum Gasteiger partial charge on any atom is -0.467 e. The Kier molecular flexibility index (Phi) is 4.53. The van der Waals surface area contributed by atoms with Crippen molar-refractivity contribution in [2.45, 2.75) is 6.61 Å². The SMILES string of the molecule is O=C(/C=C\c1cc([N+](=O)[O-])cc2c1OCOC2)Nc1ccccc1. The summed E-state index contributed by atoms with van der Waals surface area (Å²) < 4.78 is 10.6. The maximum absolute atomic E-state index is 12.0. The lowest BCUT2D eigenvalue weighted by Gasteiger charge is -2.19. The quantitative estimate of drug-likeness (QED) is 0.529. The third-order valence-electron chi connectivity index (χ3n) is 3.39. The summed E-state index contributed by atoms with van der Waals surface area (Å²) >= 11 is 0. The highest BCUT2D eigenvalue weighted by atomic mass is 16.7. The number of carbonyl (C=O) groups is 1. The zero-order chi connectivity index (χ0) is 16.9. The lowest BCUT2D eigenvalue weighted by atomic mass is 10.1. The molecule has 0 radical (unpaired) electrons. The maximum Gasteiger partial charge on any atom is 0.270 e. The van der Waals surface area contributed by atoms with E-state index in [0.29, 0.717) is 22.6 Å². The van der Waals surface area contributed by atoms with Gasteiger partial charge < -0.3 is 14.8 Å². The highest BCUT2D eigenvalue weighted by Gasteiger charge is 2.19. The average molecular weight is 326 g/mol. The largest absolute Gasteiger partial charge is 0.467 e. The second kappa shape index (κ2) is 6.93. The van der Waals surface area contributed by atoms with E-state index in [2.05, 4.69) is 5.32 Å². The van der Waals surface area contributed by atoms with Crippen molar-refractivity contribution in [3.63, 3.8) is 0 Å². The van der Waals surface area contributed by atoms with Crippen LogP contribution in [0.1, 0.15) is 11.1 Å². The van der Waals surface area contributed by atoms with Crippen LogP contribution in [-0.4, -0.2) is 17.6 Å². The number of fused-ring (bicyclic) bond motifs is 1. The molecule has 0 fully saturated rings. The minimum absolute atomic E-state index is 0.0713. The molecule has 3 rings (SSSR count). The minimum atomic E-state index is -0.490. The fourth-order valence-electron chi connectivity index (χ4n) is 2.33. The molecule has 1 heterocycles. The first kappa shape index (κ1) is 15.7. The first-order valence-corrected chi connectivity index (χ1v) is 7.19. The molecule has 2 aromatic rings. The van der Waals surface area contributed by atoms with Crippen LogP contribution in [0.3, 0.4) is 0 Å². The Bertz CT molecular complexity index is 802. The van der Waals surface area contributed by atoms with Gasteiger partial charge in [0.2, 0.25) is 5.91 Å². The van der Waals surface area contributed by atoms with E-state index in [-0.39, 0.29) is 25.0 Å². The molecule has 0 spiro atoms. The van der Waals surface area contributed by atoms with Gasteiger partial charge in [0.05, 0.1) is 11.5 Å². The molecule has 24 heavy (non-hydrogen) atoms. The van der Waals surface area contributed by atoms with Gasteiger partial charge in [-0.15, -0.1) is 0 Å². The third kappa shape index (κ3) is 3.58.